The number of hydrogen-bond acceptors (Lipinski definition) is 5. The molecule has 1 unspecified atom stereocenters. The zero-order valence-corrected chi connectivity index (χ0v) is 21.0. The third-order valence-corrected chi connectivity index (χ3v) is 6.65. The minimum absolute atomic E-state index is 0.0915. The number of nitrogens with zero attached hydrogens (tertiary/aromatic N) is 3. The second-order valence-electron chi connectivity index (χ2n) is 9.57. The van der Waals surface area contributed by atoms with Gasteiger partial charge in [-0.25, -0.2) is 9.97 Å². The van der Waals surface area contributed by atoms with Gasteiger partial charge in [0.15, 0.2) is 5.82 Å². The number of fused-ring (bicyclic) bond motifs is 1. The van der Waals surface area contributed by atoms with Crippen molar-refractivity contribution in [3.63, 3.8) is 0 Å². The Hall–Kier alpha value is -4.46. The number of carbonyl (C=O) groups excluding carboxylic acids is 2. The van der Waals surface area contributed by atoms with E-state index in [2.05, 4.69) is 40.8 Å². The van der Waals surface area contributed by atoms with Crippen LogP contribution in [-0.2, 0) is 10.2 Å². The highest BCUT2D eigenvalue weighted by atomic mass is 16.2. The van der Waals surface area contributed by atoms with Gasteiger partial charge in [-0.3, -0.25) is 9.59 Å². The Morgan fingerprint density at radius 1 is 1.03 bits per heavy atom. The smallest absolute Gasteiger partial charge is 0.274 e. The van der Waals surface area contributed by atoms with E-state index >= 15 is 0 Å². The predicted molar refractivity (Wildman–Crippen MR) is 145 cm³/mol. The molecule has 3 N–H and O–H groups in total. The van der Waals surface area contributed by atoms with Crippen molar-refractivity contribution < 1.29 is 9.59 Å². The van der Waals surface area contributed by atoms with Crippen LogP contribution in [0, 0.1) is 0 Å². The Morgan fingerprint density at radius 2 is 1.76 bits per heavy atom. The molecule has 0 bridgehead atoms. The molecule has 1 aliphatic heterocycles. The molecule has 0 spiro atoms. The van der Waals surface area contributed by atoms with Gasteiger partial charge in [0.1, 0.15) is 17.2 Å². The SMILES string of the molecule is CC(=O)NCCNc1nc(-c2ccccc2)nc2[nH]c(C(=O)N3C=CCC(C)(c4ccccc4)C3)cc12. The van der Waals surface area contributed by atoms with Crippen LogP contribution in [0.5, 0.6) is 0 Å². The van der Waals surface area contributed by atoms with E-state index in [1.807, 2.05) is 54.7 Å². The van der Waals surface area contributed by atoms with Crippen LogP contribution < -0.4 is 10.6 Å². The summed E-state index contributed by atoms with van der Waals surface area (Å²) in [5.41, 5.74) is 2.92. The number of amides is 2. The van der Waals surface area contributed by atoms with E-state index in [1.54, 1.807) is 11.0 Å². The number of aromatic nitrogens is 3. The molecular weight excluding hydrogens is 464 g/mol. The number of hydrogen-bond donors (Lipinski definition) is 3. The number of aromatic amines is 1. The highest BCUT2D eigenvalue weighted by Gasteiger charge is 2.33. The maximum atomic E-state index is 13.6. The second-order valence-corrected chi connectivity index (χ2v) is 9.57. The Kier molecular flexibility index (Phi) is 6.72. The summed E-state index contributed by atoms with van der Waals surface area (Å²) >= 11 is 0. The van der Waals surface area contributed by atoms with Crippen LogP contribution in [0.2, 0.25) is 0 Å². The average Bonchev–Trinajstić information content (AvgIpc) is 3.36. The lowest BCUT2D eigenvalue weighted by Crippen LogP contribution is -2.41. The standard InChI is InChI=1S/C29H30N6O2/c1-20(36)30-15-16-31-26-23-18-24(32-27(23)34-25(33-26)21-10-5-3-6-11-21)28(37)35-17-9-14-29(2,19-35)22-12-7-4-8-13-22/h3-13,17-18H,14-16,19H2,1-2H3,(H,30,36)(H2,31,32,33,34). The van der Waals surface area contributed by atoms with Gasteiger partial charge in [-0.2, -0.15) is 0 Å². The van der Waals surface area contributed by atoms with Crippen molar-refractivity contribution in [2.75, 3.05) is 25.0 Å². The van der Waals surface area contributed by atoms with E-state index in [0.717, 1.165) is 17.4 Å². The molecule has 0 aliphatic carbocycles. The molecule has 37 heavy (non-hydrogen) atoms. The van der Waals surface area contributed by atoms with Crippen molar-refractivity contribution >= 4 is 28.7 Å². The van der Waals surface area contributed by atoms with Gasteiger partial charge in [-0.05, 0) is 18.1 Å². The molecule has 5 rings (SSSR count). The third-order valence-electron chi connectivity index (χ3n) is 6.65. The zero-order chi connectivity index (χ0) is 25.8. The molecular formula is C29H30N6O2. The van der Waals surface area contributed by atoms with Crippen molar-refractivity contribution in [2.45, 2.75) is 25.7 Å². The van der Waals surface area contributed by atoms with Gasteiger partial charge in [0, 0.05) is 43.7 Å². The first kappa shape index (κ1) is 24.2. The third kappa shape index (κ3) is 5.23. The molecule has 8 nitrogen and oxygen atoms in total. The lowest BCUT2D eigenvalue weighted by Gasteiger charge is -2.37. The minimum Gasteiger partial charge on any atom is -0.368 e. The van der Waals surface area contributed by atoms with Gasteiger partial charge in [0.05, 0.1) is 5.39 Å². The lowest BCUT2D eigenvalue weighted by molar-refractivity contribution is -0.118. The fourth-order valence-corrected chi connectivity index (χ4v) is 4.67. The van der Waals surface area contributed by atoms with E-state index in [0.29, 0.717) is 42.6 Å². The van der Waals surface area contributed by atoms with E-state index in [4.69, 9.17) is 9.97 Å². The number of rotatable bonds is 7. The first-order chi connectivity index (χ1) is 17.9. The van der Waals surface area contributed by atoms with Crippen LogP contribution in [-0.4, -0.2) is 51.3 Å². The van der Waals surface area contributed by atoms with Gasteiger partial charge in [0.25, 0.3) is 5.91 Å². The summed E-state index contributed by atoms with van der Waals surface area (Å²) in [4.78, 5) is 39.3. The van der Waals surface area contributed by atoms with Crippen molar-refractivity contribution in [3.8, 4) is 11.4 Å². The van der Waals surface area contributed by atoms with Gasteiger partial charge in [-0.15, -0.1) is 0 Å². The first-order valence-corrected chi connectivity index (χ1v) is 12.4. The number of anilines is 1. The van der Waals surface area contributed by atoms with E-state index in [9.17, 15) is 9.59 Å². The lowest BCUT2D eigenvalue weighted by atomic mass is 9.77. The van der Waals surface area contributed by atoms with E-state index in [-0.39, 0.29) is 17.2 Å². The molecule has 1 atom stereocenters. The summed E-state index contributed by atoms with van der Waals surface area (Å²) in [6, 6.07) is 21.8. The van der Waals surface area contributed by atoms with Crippen LogP contribution >= 0.6 is 0 Å². The molecule has 0 saturated carbocycles. The monoisotopic (exact) mass is 494 g/mol. The zero-order valence-electron chi connectivity index (χ0n) is 21.0. The number of allylic oxidation sites excluding steroid dienone is 1. The van der Waals surface area contributed by atoms with Gasteiger partial charge < -0.3 is 20.5 Å². The summed E-state index contributed by atoms with van der Waals surface area (Å²) in [6.45, 7) is 5.18. The quantitative estimate of drug-likeness (QED) is 0.329. The van der Waals surface area contributed by atoms with E-state index in [1.165, 1.54) is 12.5 Å². The number of nitrogens with one attached hydrogen (secondary N) is 3. The molecule has 0 radical (unpaired) electrons. The normalized spacial score (nSPS) is 17.1. The number of H-pyrrole nitrogens is 1. The number of carbonyl (C=O) groups is 2. The van der Waals surface area contributed by atoms with Gasteiger partial charge in [-0.1, -0.05) is 73.7 Å². The molecule has 0 saturated heterocycles. The Balaban J connectivity index is 1.46. The molecule has 2 aromatic carbocycles. The highest BCUT2D eigenvalue weighted by Crippen LogP contribution is 2.33. The summed E-state index contributed by atoms with van der Waals surface area (Å²) < 4.78 is 0. The Morgan fingerprint density at radius 3 is 2.49 bits per heavy atom. The predicted octanol–water partition coefficient (Wildman–Crippen LogP) is 4.49. The summed E-state index contributed by atoms with van der Waals surface area (Å²) in [6.07, 6.45) is 4.79. The van der Waals surface area contributed by atoms with Crippen molar-refractivity contribution in [3.05, 3.63) is 90.3 Å². The van der Waals surface area contributed by atoms with Crippen LogP contribution in [0.1, 0.15) is 36.3 Å². The molecule has 0 fully saturated rings. The molecule has 4 aromatic rings. The van der Waals surface area contributed by atoms with Gasteiger partial charge in [0.2, 0.25) is 5.91 Å². The van der Waals surface area contributed by atoms with Crippen LogP contribution in [0.25, 0.3) is 22.4 Å². The topological polar surface area (TPSA) is 103 Å². The molecule has 3 heterocycles. The Bertz CT molecular complexity index is 1450. The second kappa shape index (κ2) is 10.3. The van der Waals surface area contributed by atoms with Gasteiger partial charge >= 0.3 is 0 Å². The summed E-state index contributed by atoms with van der Waals surface area (Å²) in [5.74, 6) is 0.936. The van der Waals surface area contributed by atoms with E-state index < -0.39 is 0 Å². The molecule has 1 aliphatic rings. The summed E-state index contributed by atoms with van der Waals surface area (Å²) in [7, 11) is 0. The fourth-order valence-electron chi connectivity index (χ4n) is 4.67. The van der Waals surface area contributed by atoms with Crippen LogP contribution in [0.4, 0.5) is 5.82 Å². The highest BCUT2D eigenvalue weighted by molar-refractivity contribution is 6.01. The maximum Gasteiger partial charge on any atom is 0.274 e. The largest absolute Gasteiger partial charge is 0.368 e. The molecule has 8 heteroatoms. The van der Waals surface area contributed by atoms with Crippen LogP contribution in [0.3, 0.4) is 0 Å². The first-order valence-electron chi connectivity index (χ1n) is 12.4. The maximum absolute atomic E-state index is 13.6. The average molecular weight is 495 g/mol. The van der Waals surface area contributed by atoms with Crippen LogP contribution in [0.15, 0.2) is 79.0 Å². The fraction of sp³-hybridized carbons (Fsp3) is 0.241. The molecule has 2 amide bonds. The minimum atomic E-state index is -0.172. The van der Waals surface area contributed by atoms with Crippen molar-refractivity contribution in [2.24, 2.45) is 0 Å². The number of benzene rings is 2. The van der Waals surface area contributed by atoms with Crippen molar-refractivity contribution in [1.82, 2.24) is 25.2 Å². The molecule has 2 aromatic heterocycles. The van der Waals surface area contributed by atoms with Crippen molar-refractivity contribution in [1.29, 1.82) is 0 Å². The molecule has 188 valence electrons. The summed E-state index contributed by atoms with van der Waals surface area (Å²) in [5, 5.41) is 6.79. The Labute approximate surface area is 215 Å².